The number of benzene rings is 2. The summed E-state index contributed by atoms with van der Waals surface area (Å²) in [6.07, 6.45) is -6.98. The summed E-state index contributed by atoms with van der Waals surface area (Å²) in [4.78, 5) is 27.6. The lowest BCUT2D eigenvalue weighted by Gasteiger charge is -2.31. The maximum atomic E-state index is 13.7. The number of ether oxygens (including phenoxy) is 1. The van der Waals surface area contributed by atoms with Crippen molar-refractivity contribution in [3.05, 3.63) is 74.9 Å². The van der Waals surface area contributed by atoms with E-state index in [0.717, 1.165) is 28.7 Å². The quantitative estimate of drug-likeness (QED) is 0.192. The Hall–Kier alpha value is -3.64. The summed E-state index contributed by atoms with van der Waals surface area (Å²) < 4.78 is 87.3. The lowest BCUT2D eigenvalue weighted by molar-refractivity contribution is -0.143. The number of allylic oxidation sites excluding steroid dienone is 1. The summed E-state index contributed by atoms with van der Waals surface area (Å²) in [5.74, 6) is -4.29. The van der Waals surface area contributed by atoms with Crippen molar-refractivity contribution in [1.82, 2.24) is 0 Å². The average molecular weight is 638 g/mol. The number of aryl methyl sites for hydroxylation is 2. The monoisotopic (exact) mass is 637 g/mol. The van der Waals surface area contributed by atoms with Gasteiger partial charge >= 0.3 is 12.4 Å². The summed E-state index contributed by atoms with van der Waals surface area (Å²) in [6.45, 7) is 5.23. The van der Waals surface area contributed by atoms with Crippen LogP contribution < -0.4 is 4.90 Å². The third-order valence-electron chi connectivity index (χ3n) is 9.10. The van der Waals surface area contributed by atoms with E-state index in [0.29, 0.717) is 41.0 Å². The molecule has 242 valence electrons. The molecule has 2 amide bonds. The van der Waals surface area contributed by atoms with Crippen LogP contribution in [0.25, 0.3) is 6.08 Å². The first-order valence-electron chi connectivity index (χ1n) is 14.7. The van der Waals surface area contributed by atoms with Gasteiger partial charge in [-0.2, -0.15) is 26.3 Å². The van der Waals surface area contributed by atoms with Crippen molar-refractivity contribution in [2.75, 3.05) is 18.1 Å². The van der Waals surface area contributed by atoms with E-state index in [1.54, 1.807) is 0 Å². The number of phenols is 1. The minimum Gasteiger partial charge on any atom is -0.507 e. The molecule has 0 spiro atoms. The molecular formula is C33H33F6NO5. The molecule has 2 N–H and O–H groups in total. The Labute approximate surface area is 256 Å². The Morgan fingerprint density at radius 1 is 0.956 bits per heavy atom. The van der Waals surface area contributed by atoms with E-state index in [1.807, 2.05) is 39.0 Å². The Bertz CT molecular complexity index is 1540. The van der Waals surface area contributed by atoms with Crippen LogP contribution >= 0.6 is 0 Å². The topological polar surface area (TPSA) is 87.1 Å². The Balaban J connectivity index is 1.41. The third kappa shape index (κ3) is 6.14. The maximum absolute atomic E-state index is 13.7. The van der Waals surface area contributed by atoms with Crippen LogP contribution in [-0.4, -0.2) is 41.3 Å². The van der Waals surface area contributed by atoms with Gasteiger partial charge in [0, 0.05) is 5.92 Å². The number of carbonyl (C=O) groups excluding carboxylic acids is 2. The number of rotatable bonds is 7. The Morgan fingerprint density at radius 2 is 1.56 bits per heavy atom. The standard InChI is InChI=1S/C33H33F6NO5/c1-4-18(9-19-7-16(2)29(42)17(3)8-19)5-6-26-27-20(14-41)10-24-28(25(27)15-45-26)31(44)40(30(24)43)23-12-21(32(34,35)36)11-22(13-23)33(37,38)39/h7-9,11-13,24-26,28,41-42H,4-6,10,14-15H2,1-3H3/b18-9+/t24-,25+,26-,28-/m1/s1. The average Bonchev–Trinajstić information content (AvgIpc) is 3.50. The molecular weight excluding hydrogens is 604 g/mol. The zero-order valence-electron chi connectivity index (χ0n) is 24.9. The second-order valence-corrected chi connectivity index (χ2v) is 12.0. The number of nitrogens with zero attached hydrogens (tertiary/aromatic N) is 1. The number of imide groups is 1. The van der Waals surface area contributed by atoms with Crippen molar-refractivity contribution < 1.29 is 50.9 Å². The molecule has 12 heteroatoms. The fourth-order valence-electron chi connectivity index (χ4n) is 6.92. The SMILES string of the molecule is CC/C(=C\c1cc(C)c(O)c(C)c1)CC[C@H]1OC[C@H]2C1=C(CO)C[C@H]1C(=O)N(c3cc(C(F)(F)F)cc(C(F)(F)F)c3)C(=O)[C@H]12. The van der Waals surface area contributed by atoms with Crippen molar-refractivity contribution >= 4 is 23.6 Å². The first kappa shape index (κ1) is 32.7. The molecule has 2 saturated heterocycles. The highest BCUT2D eigenvalue weighted by molar-refractivity contribution is 6.22. The molecule has 3 aliphatic rings. The van der Waals surface area contributed by atoms with Crippen LogP contribution in [0.2, 0.25) is 0 Å². The number of phenolic OH excluding ortho intramolecular Hbond substituents is 1. The molecule has 6 nitrogen and oxygen atoms in total. The number of aliphatic hydroxyl groups is 1. The van der Waals surface area contributed by atoms with Gasteiger partial charge < -0.3 is 14.9 Å². The molecule has 2 heterocycles. The minimum absolute atomic E-state index is 0.0233. The summed E-state index contributed by atoms with van der Waals surface area (Å²) in [5, 5.41) is 20.3. The zero-order chi connectivity index (χ0) is 33.0. The van der Waals surface area contributed by atoms with E-state index in [-0.39, 0.29) is 24.8 Å². The molecule has 0 unspecified atom stereocenters. The fraction of sp³-hybridized carbons (Fsp3) is 0.455. The van der Waals surface area contributed by atoms with Gasteiger partial charge in [0.1, 0.15) is 5.75 Å². The molecule has 2 aliphatic heterocycles. The molecule has 2 aromatic rings. The number of fused-ring (bicyclic) bond motifs is 3. The number of hydrogen-bond acceptors (Lipinski definition) is 5. The summed E-state index contributed by atoms with van der Waals surface area (Å²) in [6, 6.07) is 4.47. The molecule has 0 aromatic heterocycles. The van der Waals surface area contributed by atoms with Gasteiger partial charge in [0.2, 0.25) is 11.8 Å². The summed E-state index contributed by atoms with van der Waals surface area (Å²) in [5.41, 5.74) is 0.650. The van der Waals surface area contributed by atoms with Crippen molar-refractivity contribution in [3.63, 3.8) is 0 Å². The highest BCUT2D eigenvalue weighted by Crippen LogP contribution is 2.51. The van der Waals surface area contributed by atoms with E-state index in [9.17, 15) is 46.1 Å². The number of aliphatic hydroxyl groups excluding tert-OH is 1. The van der Waals surface area contributed by atoms with E-state index >= 15 is 0 Å². The molecule has 4 atom stereocenters. The van der Waals surface area contributed by atoms with Gasteiger partial charge in [0.15, 0.2) is 0 Å². The second kappa shape index (κ2) is 11.9. The van der Waals surface area contributed by atoms with Gasteiger partial charge in [-0.1, -0.05) is 18.6 Å². The first-order chi connectivity index (χ1) is 21.0. The van der Waals surface area contributed by atoms with Crippen LogP contribution in [0.4, 0.5) is 32.0 Å². The Morgan fingerprint density at radius 3 is 2.09 bits per heavy atom. The van der Waals surface area contributed by atoms with E-state index in [1.165, 1.54) is 0 Å². The molecule has 0 saturated carbocycles. The van der Waals surface area contributed by atoms with Crippen LogP contribution in [0, 0.1) is 31.6 Å². The van der Waals surface area contributed by atoms with Crippen molar-refractivity contribution in [1.29, 1.82) is 0 Å². The second-order valence-electron chi connectivity index (χ2n) is 12.0. The van der Waals surface area contributed by atoms with Crippen LogP contribution in [0.1, 0.15) is 60.4 Å². The predicted octanol–water partition coefficient (Wildman–Crippen LogP) is 7.13. The number of halogens is 6. The fourth-order valence-corrected chi connectivity index (χ4v) is 6.92. The van der Waals surface area contributed by atoms with Crippen LogP contribution in [-0.2, 0) is 26.7 Å². The van der Waals surface area contributed by atoms with E-state index in [2.05, 4.69) is 0 Å². The number of carbonyl (C=O) groups is 2. The zero-order valence-corrected chi connectivity index (χ0v) is 24.9. The summed E-state index contributed by atoms with van der Waals surface area (Å²) >= 11 is 0. The molecule has 2 fully saturated rings. The largest absolute Gasteiger partial charge is 0.507 e. The van der Waals surface area contributed by atoms with Gasteiger partial charge in [0.05, 0.1) is 48.0 Å². The normalized spacial score (nSPS) is 24.0. The van der Waals surface area contributed by atoms with Crippen molar-refractivity contribution in [3.8, 4) is 5.75 Å². The molecule has 5 rings (SSSR count). The number of hydrogen-bond donors (Lipinski definition) is 2. The maximum Gasteiger partial charge on any atom is 0.416 e. The third-order valence-corrected chi connectivity index (χ3v) is 9.10. The first-order valence-corrected chi connectivity index (χ1v) is 14.7. The van der Waals surface area contributed by atoms with Crippen LogP contribution in [0.5, 0.6) is 5.75 Å². The number of aromatic hydroxyl groups is 1. The minimum atomic E-state index is -5.15. The van der Waals surface area contributed by atoms with Crippen molar-refractivity contribution in [2.24, 2.45) is 17.8 Å². The van der Waals surface area contributed by atoms with Gasteiger partial charge in [-0.3, -0.25) is 9.59 Å². The highest BCUT2D eigenvalue weighted by Gasteiger charge is 2.57. The molecule has 0 radical (unpaired) electrons. The molecule has 45 heavy (non-hydrogen) atoms. The lowest BCUT2D eigenvalue weighted by Crippen LogP contribution is -2.35. The van der Waals surface area contributed by atoms with E-state index in [4.69, 9.17) is 4.74 Å². The van der Waals surface area contributed by atoms with Crippen LogP contribution in [0.3, 0.4) is 0 Å². The smallest absolute Gasteiger partial charge is 0.416 e. The van der Waals surface area contributed by atoms with Crippen LogP contribution in [0.15, 0.2) is 47.1 Å². The number of alkyl halides is 6. The lowest BCUT2D eigenvalue weighted by atomic mass is 9.69. The van der Waals surface area contributed by atoms with Gasteiger partial charge in [-0.15, -0.1) is 0 Å². The number of anilines is 1. The van der Waals surface area contributed by atoms with Gasteiger partial charge in [0.25, 0.3) is 0 Å². The van der Waals surface area contributed by atoms with Crippen molar-refractivity contribution in [2.45, 2.75) is 64.9 Å². The van der Waals surface area contributed by atoms with Gasteiger partial charge in [-0.05, 0) is 97.7 Å². The Kier molecular flexibility index (Phi) is 8.69. The molecule has 0 bridgehead atoms. The highest BCUT2D eigenvalue weighted by atomic mass is 19.4. The summed E-state index contributed by atoms with van der Waals surface area (Å²) in [7, 11) is 0. The number of amides is 2. The van der Waals surface area contributed by atoms with Gasteiger partial charge in [-0.25, -0.2) is 4.90 Å². The van der Waals surface area contributed by atoms with E-state index < -0.39 is 71.4 Å². The predicted molar refractivity (Wildman–Crippen MR) is 153 cm³/mol. The molecule has 1 aliphatic carbocycles. The molecule has 2 aromatic carbocycles.